The van der Waals surface area contributed by atoms with Crippen LogP contribution < -0.4 is 14.5 Å². The van der Waals surface area contributed by atoms with Crippen LogP contribution >= 0.6 is 11.3 Å². The normalized spacial score (nSPS) is 10.8. The van der Waals surface area contributed by atoms with Gasteiger partial charge in [0.2, 0.25) is 0 Å². The number of hydrogen-bond acceptors (Lipinski definition) is 6. The van der Waals surface area contributed by atoms with Crippen LogP contribution in [0, 0.1) is 0 Å². The number of nitrogens with zero attached hydrogens (tertiary/aromatic N) is 2. The third kappa shape index (κ3) is 5.42. The fourth-order valence-corrected chi connectivity index (χ4v) is 3.68. The molecule has 4 aromatic rings. The van der Waals surface area contributed by atoms with Crippen molar-refractivity contribution in [1.29, 1.82) is 0 Å². The van der Waals surface area contributed by atoms with Crippen molar-refractivity contribution in [1.82, 2.24) is 0 Å². The number of anilines is 1. The summed E-state index contributed by atoms with van der Waals surface area (Å²) in [4.78, 5) is 12.8. The summed E-state index contributed by atoms with van der Waals surface area (Å²) in [7, 11) is 1.55. The van der Waals surface area contributed by atoms with Gasteiger partial charge in [0.15, 0.2) is 11.5 Å². The molecular weight excluding hydrogens is 420 g/mol. The molecule has 0 bridgehead atoms. The molecule has 4 rings (SSSR count). The zero-order chi connectivity index (χ0) is 22.2. The molecule has 0 radical (unpaired) electrons. The van der Waals surface area contributed by atoms with Crippen molar-refractivity contribution in [2.45, 2.75) is 6.54 Å². The Hall–Kier alpha value is -3.90. The van der Waals surface area contributed by atoms with Gasteiger partial charge in [0.25, 0.3) is 0 Å². The van der Waals surface area contributed by atoms with Gasteiger partial charge in [0.1, 0.15) is 4.88 Å². The highest BCUT2D eigenvalue weighted by Crippen LogP contribution is 2.29. The van der Waals surface area contributed by atoms with Gasteiger partial charge in [0, 0.05) is 0 Å². The summed E-state index contributed by atoms with van der Waals surface area (Å²) in [5.74, 6) is 0.429. The second-order valence-electron chi connectivity index (χ2n) is 6.90. The topological polar surface area (TPSA) is 51.1 Å². The highest BCUT2D eigenvalue weighted by Gasteiger charge is 2.13. The van der Waals surface area contributed by atoms with Crippen LogP contribution in [0.3, 0.4) is 0 Å². The average molecular weight is 443 g/mol. The molecule has 0 spiro atoms. The fraction of sp³-hybridized carbons (Fsp3) is 0.0769. The second-order valence-corrected chi connectivity index (χ2v) is 7.85. The van der Waals surface area contributed by atoms with E-state index < -0.39 is 5.97 Å². The molecule has 0 aliphatic carbocycles. The van der Waals surface area contributed by atoms with E-state index in [9.17, 15) is 4.79 Å². The summed E-state index contributed by atoms with van der Waals surface area (Å²) in [6.07, 6.45) is 1.77. The van der Waals surface area contributed by atoms with E-state index in [4.69, 9.17) is 14.6 Å². The summed E-state index contributed by atoms with van der Waals surface area (Å²) >= 11 is 1.33. The number of methoxy groups -OCH3 is 1. The summed E-state index contributed by atoms with van der Waals surface area (Å²) in [5.41, 5.74) is 2.97. The minimum atomic E-state index is -0.405. The highest BCUT2D eigenvalue weighted by atomic mass is 32.1. The Labute approximate surface area is 191 Å². The Kier molecular flexibility index (Phi) is 6.94. The number of carbonyl (C=O) groups excluding carboxylic acids is 1. The largest absolute Gasteiger partial charge is 0.493 e. The van der Waals surface area contributed by atoms with Crippen molar-refractivity contribution in [3.05, 3.63) is 112 Å². The quantitative estimate of drug-likeness (QED) is 0.145. The molecule has 1 heterocycles. The van der Waals surface area contributed by atoms with E-state index in [0.29, 0.717) is 22.9 Å². The molecule has 0 amide bonds. The molecule has 6 heteroatoms. The van der Waals surface area contributed by atoms with E-state index in [2.05, 4.69) is 12.1 Å². The first-order chi connectivity index (χ1) is 15.7. The first-order valence-corrected chi connectivity index (χ1v) is 10.9. The van der Waals surface area contributed by atoms with E-state index in [1.54, 1.807) is 31.5 Å². The lowest BCUT2D eigenvalue weighted by Crippen LogP contribution is -2.16. The molecule has 0 saturated heterocycles. The SMILES string of the molecule is COc1cc(/C=N/N(Cc2ccccc2)c2ccccc2)ccc1OC(=O)c1cccs1. The lowest BCUT2D eigenvalue weighted by atomic mass is 10.2. The van der Waals surface area contributed by atoms with Gasteiger partial charge in [-0.05, 0) is 52.9 Å². The van der Waals surface area contributed by atoms with Crippen molar-refractivity contribution in [3.63, 3.8) is 0 Å². The van der Waals surface area contributed by atoms with E-state index in [-0.39, 0.29) is 0 Å². The van der Waals surface area contributed by atoms with Gasteiger partial charge in [0.05, 0.1) is 25.6 Å². The van der Waals surface area contributed by atoms with Crippen LogP contribution in [0.25, 0.3) is 0 Å². The van der Waals surface area contributed by atoms with Gasteiger partial charge >= 0.3 is 5.97 Å². The lowest BCUT2D eigenvalue weighted by Gasteiger charge is -2.19. The maximum Gasteiger partial charge on any atom is 0.353 e. The summed E-state index contributed by atoms with van der Waals surface area (Å²) < 4.78 is 10.9. The average Bonchev–Trinajstić information content (AvgIpc) is 3.39. The van der Waals surface area contributed by atoms with Crippen molar-refractivity contribution in [2.24, 2.45) is 5.10 Å². The Balaban J connectivity index is 1.55. The number of hydrogen-bond donors (Lipinski definition) is 0. The molecule has 0 aliphatic heterocycles. The molecule has 32 heavy (non-hydrogen) atoms. The predicted molar refractivity (Wildman–Crippen MR) is 129 cm³/mol. The van der Waals surface area contributed by atoms with E-state index in [0.717, 1.165) is 16.8 Å². The molecule has 5 nitrogen and oxygen atoms in total. The van der Waals surface area contributed by atoms with Crippen LogP contribution in [0.2, 0.25) is 0 Å². The number of ether oxygens (including phenoxy) is 2. The molecule has 0 saturated carbocycles. The monoisotopic (exact) mass is 442 g/mol. The number of benzene rings is 3. The smallest absolute Gasteiger partial charge is 0.353 e. The van der Waals surface area contributed by atoms with Crippen LogP contribution in [0.15, 0.2) is 101 Å². The number of rotatable bonds is 8. The fourth-order valence-electron chi connectivity index (χ4n) is 3.09. The molecular formula is C26H22N2O3S. The predicted octanol–water partition coefficient (Wildman–Crippen LogP) is 6.02. The first-order valence-electron chi connectivity index (χ1n) is 10.1. The Morgan fingerprint density at radius 1 is 0.938 bits per heavy atom. The standard InChI is InChI=1S/C26H22N2O3S/c1-30-24-17-21(14-15-23(24)31-26(29)25-13-8-16-32-25)18-27-28(22-11-6-3-7-12-22)19-20-9-4-2-5-10-20/h2-18H,19H2,1H3/b27-18+. The van der Waals surface area contributed by atoms with E-state index in [1.165, 1.54) is 11.3 Å². The van der Waals surface area contributed by atoms with Crippen LogP contribution in [0.1, 0.15) is 20.8 Å². The Bertz CT molecular complexity index is 1180. The second kappa shape index (κ2) is 10.4. The summed E-state index contributed by atoms with van der Waals surface area (Å²) in [6.45, 7) is 0.634. The van der Waals surface area contributed by atoms with Crippen LogP contribution in [-0.2, 0) is 6.54 Å². The van der Waals surface area contributed by atoms with Gasteiger partial charge in [-0.2, -0.15) is 5.10 Å². The number of thiophene rings is 1. The number of para-hydroxylation sites is 1. The zero-order valence-corrected chi connectivity index (χ0v) is 18.4. The van der Waals surface area contributed by atoms with Gasteiger partial charge < -0.3 is 9.47 Å². The van der Waals surface area contributed by atoms with E-state index >= 15 is 0 Å². The number of carbonyl (C=O) groups is 1. The third-order valence-electron chi connectivity index (χ3n) is 4.69. The van der Waals surface area contributed by atoms with Crippen molar-refractivity contribution in [3.8, 4) is 11.5 Å². The molecule has 160 valence electrons. The number of esters is 1. The molecule has 1 aromatic heterocycles. The first kappa shape index (κ1) is 21.3. The summed E-state index contributed by atoms with van der Waals surface area (Å²) in [6, 6.07) is 29.1. The Morgan fingerprint density at radius 2 is 1.69 bits per heavy atom. The van der Waals surface area contributed by atoms with Crippen LogP contribution in [0.4, 0.5) is 5.69 Å². The van der Waals surface area contributed by atoms with Crippen LogP contribution in [-0.4, -0.2) is 19.3 Å². The van der Waals surface area contributed by atoms with Crippen molar-refractivity contribution < 1.29 is 14.3 Å². The third-order valence-corrected chi connectivity index (χ3v) is 5.54. The minimum Gasteiger partial charge on any atom is -0.493 e. The van der Waals surface area contributed by atoms with Gasteiger partial charge in [-0.15, -0.1) is 11.3 Å². The molecule has 0 N–H and O–H groups in total. The van der Waals surface area contributed by atoms with Gasteiger partial charge in [-0.25, -0.2) is 4.79 Å². The maximum absolute atomic E-state index is 12.3. The number of hydrazone groups is 1. The summed E-state index contributed by atoms with van der Waals surface area (Å²) in [5, 5.41) is 8.48. The minimum absolute atomic E-state index is 0.368. The maximum atomic E-state index is 12.3. The molecule has 0 fully saturated rings. The lowest BCUT2D eigenvalue weighted by molar-refractivity contribution is 0.0735. The Morgan fingerprint density at radius 3 is 2.38 bits per heavy atom. The molecule has 3 aromatic carbocycles. The van der Waals surface area contributed by atoms with Gasteiger partial charge in [-0.1, -0.05) is 54.6 Å². The zero-order valence-electron chi connectivity index (χ0n) is 17.5. The van der Waals surface area contributed by atoms with Crippen molar-refractivity contribution in [2.75, 3.05) is 12.1 Å². The van der Waals surface area contributed by atoms with Crippen LogP contribution in [0.5, 0.6) is 11.5 Å². The van der Waals surface area contributed by atoms with E-state index in [1.807, 2.05) is 71.1 Å². The van der Waals surface area contributed by atoms with Gasteiger partial charge in [-0.3, -0.25) is 5.01 Å². The molecule has 0 atom stereocenters. The molecule has 0 unspecified atom stereocenters. The highest BCUT2D eigenvalue weighted by molar-refractivity contribution is 7.12. The molecule has 0 aliphatic rings. The van der Waals surface area contributed by atoms with Crippen molar-refractivity contribution >= 4 is 29.2 Å².